The first-order chi connectivity index (χ1) is 8.08. The molecule has 2 rings (SSSR count). The average Bonchev–Trinajstić information content (AvgIpc) is 2.78. The van der Waals surface area contributed by atoms with Crippen molar-refractivity contribution in [1.29, 1.82) is 0 Å². The third-order valence-electron chi connectivity index (χ3n) is 3.31. The smallest absolute Gasteiger partial charge is 0.471 e. The molecule has 3 unspecified atom stereocenters. The summed E-state index contributed by atoms with van der Waals surface area (Å²) in [5, 5.41) is 8.72. The number of hydrogen-bond donors (Lipinski definition) is 1. The lowest BCUT2D eigenvalue weighted by atomic mass is 10.0. The van der Waals surface area contributed by atoms with Crippen LogP contribution in [0.2, 0.25) is 0 Å². The van der Waals surface area contributed by atoms with Crippen molar-refractivity contribution in [2.45, 2.75) is 37.0 Å². The number of fused-ring (bicyclic) bond motifs is 1. The monoisotopic (exact) mass is 273 g/mol. The van der Waals surface area contributed by atoms with Gasteiger partial charge in [-0.1, -0.05) is 0 Å². The molecular formula is C9H8F5NO3. The maximum atomic E-state index is 13.2. The molecule has 2 fully saturated rings. The Hall–Kier alpha value is -1.41. The zero-order valence-electron chi connectivity index (χ0n) is 8.75. The molecular weight excluding hydrogens is 265 g/mol. The van der Waals surface area contributed by atoms with Crippen LogP contribution in [0.1, 0.15) is 12.8 Å². The van der Waals surface area contributed by atoms with E-state index in [1.165, 1.54) is 0 Å². The van der Waals surface area contributed by atoms with E-state index in [4.69, 9.17) is 5.11 Å². The van der Waals surface area contributed by atoms with E-state index in [0.29, 0.717) is 0 Å². The Bertz CT molecular complexity index is 407. The number of rotatable bonds is 1. The van der Waals surface area contributed by atoms with Crippen LogP contribution in [0.5, 0.6) is 0 Å². The number of amides is 1. The van der Waals surface area contributed by atoms with Crippen molar-refractivity contribution in [3.05, 3.63) is 0 Å². The SMILES string of the molecule is O=C(O)C1CCC2C(N1C(=O)C(F)(F)F)C2(F)F. The first-order valence-corrected chi connectivity index (χ1v) is 5.08. The molecule has 3 atom stereocenters. The zero-order valence-corrected chi connectivity index (χ0v) is 8.75. The number of hydrogen-bond acceptors (Lipinski definition) is 2. The largest absolute Gasteiger partial charge is 0.480 e. The van der Waals surface area contributed by atoms with Crippen LogP contribution in [-0.2, 0) is 9.59 Å². The van der Waals surface area contributed by atoms with Crippen molar-refractivity contribution in [2.24, 2.45) is 5.92 Å². The van der Waals surface area contributed by atoms with Gasteiger partial charge in [-0.05, 0) is 12.8 Å². The van der Waals surface area contributed by atoms with Gasteiger partial charge >= 0.3 is 18.1 Å². The normalized spacial score (nSPS) is 33.8. The van der Waals surface area contributed by atoms with Crippen molar-refractivity contribution >= 4 is 11.9 Å². The summed E-state index contributed by atoms with van der Waals surface area (Å²) in [6.45, 7) is 0. The Morgan fingerprint density at radius 3 is 2.22 bits per heavy atom. The lowest BCUT2D eigenvalue weighted by Gasteiger charge is -2.32. The van der Waals surface area contributed by atoms with Crippen LogP contribution in [-0.4, -0.2) is 46.1 Å². The fourth-order valence-electron chi connectivity index (χ4n) is 2.43. The molecule has 1 aliphatic heterocycles. The van der Waals surface area contributed by atoms with E-state index in [-0.39, 0.29) is 11.3 Å². The minimum Gasteiger partial charge on any atom is -0.480 e. The van der Waals surface area contributed by atoms with Gasteiger partial charge in [0.1, 0.15) is 12.1 Å². The average molecular weight is 273 g/mol. The van der Waals surface area contributed by atoms with E-state index < -0.39 is 48.4 Å². The van der Waals surface area contributed by atoms with Gasteiger partial charge in [0.05, 0.1) is 5.92 Å². The lowest BCUT2D eigenvalue weighted by molar-refractivity contribution is -0.193. The summed E-state index contributed by atoms with van der Waals surface area (Å²) in [5.74, 6) is -9.00. The maximum absolute atomic E-state index is 13.2. The third-order valence-corrected chi connectivity index (χ3v) is 3.31. The minimum atomic E-state index is -5.35. The van der Waals surface area contributed by atoms with Crippen molar-refractivity contribution in [3.63, 3.8) is 0 Å². The van der Waals surface area contributed by atoms with Gasteiger partial charge in [0.25, 0.3) is 5.92 Å². The summed E-state index contributed by atoms with van der Waals surface area (Å²) in [6.07, 6.45) is -5.95. The molecule has 4 nitrogen and oxygen atoms in total. The molecule has 0 aromatic heterocycles. The molecule has 0 aromatic rings. The third kappa shape index (κ3) is 1.72. The number of halogens is 5. The maximum Gasteiger partial charge on any atom is 0.471 e. The molecule has 1 N–H and O–H groups in total. The van der Waals surface area contributed by atoms with Crippen LogP contribution in [0.4, 0.5) is 22.0 Å². The number of aliphatic carboxylic acids is 1. The van der Waals surface area contributed by atoms with E-state index in [2.05, 4.69) is 0 Å². The number of likely N-dealkylation sites (tertiary alicyclic amines) is 1. The second-order valence-electron chi connectivity index (χ2n) is 4.37. The summed E-state index contributed by atoms with van der Waals surface area (Å²) in [6, 6.07) is -3.78. The van der Waals surface area contributed by atoms with Crippen LogP contribution in [0.15, 0.2) is 0 Å². The van der Waals surface area contributed by atoms with Crippen LogP contribution >= 0.6 is 0 Å². The van der Waals surface area contributed by atoms with E-state index in [1.54, 1.807) is 0 Å². The molecule has 9 heteroatoms. The first-order valence-electron chi connectivity index (χ1n) is 5.08. The van der Waals surface area contributed by atoms with Crippen molar-refractivity contribution in [2.75, 3.05) is 0 Å². The molecule has 1 heterocycles. The molecule has 2 aliphatic rings. The Morgan fingerprint density at radius 1 is 1.22 bits per heavy atom. The molecule has 0 spiro atoms. The standard InChI is InChI=1S/C9H8F5NO3/c10-8(11)3-1-2-4(6(16)17)15(5(3)8)7(18)9(12,13)14/h3-5H,1-2H2,(H,16,17). The molecule has 0 radical (unpaired) electrons. The van der Waals surface area contributed by atoms with Gasteiger partial charge in [-0.15, -0.1) is 0 Å². The highest BCUT2D eigenvalue weighted by Gasteiger charge is 2.75. The molecule has 1 saturated heterocycles. The van der Waals surface area contributed by atoms with Gasteiger partial charge in [0.15, 0.2) is 0 Å². The fraction of sp³-hybridized carbons (Fsp3) is 0.778. The van der Waals surface area contributed by atoms with Gasteiger partial charge in [-0.2, -0.15) is 13.2 Å². The Balaban J connectivity index is 2.32. The number of nitrogens with zero attached hydrogens (tertiary/aromatic N) is 1. The molecule has 1 aliphatic carbocycles. The Morgan fingerprint density at radius 2 is 1.78 bits per heavy atom. The lowest BCUT2D eigenvalue weighted by Crippen LogP contribution is -2.54. The van der Waals surface area contributed by atoms with Crippen molar-refractivity contribution in [3.8, 4) is 0 Å². The number of carbonyl (C=O) groups is 2. The van der Waals surface area contributed by atoms with Crippen LogP contribution in [0, 0.1) is 5.92 Å². The van der Waals surface area contributed by atoms with Crippen LogP contribution in [0.25, 0.3) is 0 Å². The number of carboxylic acid groups (broad SMARTS) is 1. The zero-order chi connectivity index (χ0) is 13.9. The quantitative estimate of drug-likeness (QED) is 0.732. The second kappa shape index (κ2) is 3.55. The van der Waals surface area contributed by atoms with Gasteiger partial charge < -0.3 is 10.0 Å². The summed E-state index contributed by atoms with van der Waals surface area (Å²) in [7, 11) is 0. The molecule has 102 valence electrons. The first kappa shape index (κ1) is 13.0. The van der Waals surface area contributed by atoms with Crippen LogP contribution < -0.4 is 0 Å². The fourth-order valence-corrected chi connectivity index (χ4v) is 2.43. The highest BCUT2D eigenvalue weighted by Crippen LogP contribution is 2.58. The summed E-state index contributed by atoms with van der Waals surface area (Å²) in [5.41, 5.74) is 0. The number of carboxylic acids is 1. The van der Waals surface area contributed by atoms with Crippen LogP contribution in [0.3, 0.4) is 0 Å². The molecule has 0 bridgehead atoms. The number of piperidine rings is 1. The Labute approximate surface area is 97.4 Å². The number of alkyl halides is 5. The van der Waals surface area contributed by atoms with Crippen molar-refractivity contribution in [1.82, 2.24) is 4.90 Å². The van der Waals surface area contributed by atoms with Gasteiger partial charge in [-0.25, -0.2) is 13.6 Å². The molecule has 18 heavy (non-hydrogen) atoms. The predicted molar refractivity (Wildman–Crippen MR) is 45.8 cm³/mol. The van der Waals surface area contributed by atoms with Gasteiger partial charge in [0, 0.05) is 0 Å². The summed E-state index contributed by atoms with van der Waals surface area (Å²) >= 11 is 0. The predicted octanol–water partition coefficient (Wildman–Crippen LogP) is 1.26. The van der Waals surface area contributed by atoms with Gasteiger partial charge in [0.2, 0.25) is 0 Å². The van der Waals surface area contributed by atoms with Crippen molar-refractivity contribution < 1.29 is 36.6 Å². The van der Waals surface area contributed by atoms with E-state index in [9.17, 15) is 31.5 Å². The summed E-state index contributed by atoms with van der Waals surface area (Å²) < 4.78 is 63.2. The van der Waals surface area contributed by atoms with Gasteiger partial charge in [-0.3, -0.25) is 4.79 Å². The summed E-state index contributed by atoms with van der Waals surface area (Å²) in [4.78, 5) is 21.6. The number of carbonyl (C=O) groups excluding carboxylic acids is 1. The highest BCUT2D eigenvalue weighted by atomic mass is 19.4. The van der Waals surface area contributed by atoms with E-state index >= 15 is 0 Å². The Kier molecular flexibility index (Phi) is 2.57. The van der Waals surface area contributed by atoms with E-state index in [0.717, 1.165) is 0 Å². The minimum absolute atomic E-state index is 0.198. The highest BCUT2D eigenvalue weighted by molar-refractivity contribution is 5.88. The van der Waals surface area contributed by atoms with E-state index in [1.807, 2.05) is 0 Å². The molecule has 0 aromatic carbocycles. The topological polar surface area (TPSA) is 57.6 Å². The molecule has 1 amide bonds. The second-order valence-corrected chi connectivity index (χ2v) is 4.37. The molecule has 1 saturated carbocycles.